The minimum Gasteiger partial charge on any atom is -0.457 e. The van der Waals surface area contributed by atoms with Crippen molar-refractivity contribution in [2.45, 2.75) is 33.1 Å². The minimum absolute atomic E-state index is 0.171. The fourth-order valence-electron chi connectivity index (χ4n) is 3.31. The Bertz CT molecular complexity index is 912. The van der Waals surface area contributed by atoms with Crippen LogP contribution in [0.4, 0.5) is 0 Å². The molecular formula is C22H24N2O4. The number of Topliss-reactive ketones (excluding diaryl/α,β-unsaturated/α-hetero) is 1. The van der Waals surface area contributed by atoms with E-state index < -0.39 is 0 Å². The molecule has 3 rings (SSSR count). The number of aromatic nitrogens is 1. The zero-order valence-electron chi connectivity index (χ0n) is 16.1. The predicted molar refractivity (Wildman–Crippen MR) is 106 cm³/mol. The van der Waals surface area contributed by atoms with Gasteiger partial charge in [0.1, 0.15) is 0 Å². The van der Waals surface area contributed by atoms with E-state index in [1.54, 1.807) is 48.9 Å². The van der Waals surface area contributed by atoms with Gasteiger partial charge in [0.15, 0.2) is 6.61 Å². The number of benzene rings is 1. The Morgan fingerprint density at radius 1 is 1.14 bits per heavy atom. The molecule has 1 aliphatic rings. The molecule has 1 unspecified atom stereocenters. The summed E-state index contributed by atoms with van der Waals surface area (Å²) in [5, 5.41) is 0. The summed E-state index contributed by atoms with van der Waals surface area (Å²) in [6.45, 7) is 3.25. The predicted octanol–water partition coefficient (Wildman–Crippen LogP) is 3.57. The highest BCUT2D eigenvalue weighted by molar-refractivity contribution is 6.01. The van der Waals surface area contributed by atoms with Crippen molar-refractivity contribution >= 4 is 17.7 Å². The summed E-state index contributed by atoms with van der Waals surface area (Å²) in [5.74, 6) is -1.05. The van der Waals surface area contributed by atoms with Crippen molar-refractivity contribution in [3.05, 3.63) is 71.1 Å². The van der Waals surface area contributed by atoms with Crippen LogP contribution in [-0.4, -0.2) is 28.9 Å². The first kappa shape index (κ1) is 19.6. The second-order valence-electron chi connectivity index (χ2n) is 6.94. The number of ether oxygens (including phenoxy) is 1. The molecule has 0 spiro atoms. The second kappa shape index (κ2) is 8.69. The van der Waals surface area contributed by atoms with Gasteiger partial charge in [0, 0.05) is 22.5 Å². The van der Waals surface area contributed by atoms with Gasteiger partial charge in [0.2, 0.25) is 5.78 Å². The number of nitrogens with one attached hydrogen (secondary N) is 1. The van der Waals surface area contributed by atoms with E-state index in [9.17, 15) is 14.4 Å². The summed E-state index contributed by atoms with van der Waals surface area (Å²) in [4.78, 5) is 37.1. The number of ketones is 1. The zero-order chi connectivity index (χ0) is 20.1. The molecule has 1 aromatic carbocycles. The highest BCUT2D eigenvalue weighted by Crippen LogP contribution is 2.20. The molecular weight excluding hydrogens is 356 g/mol. The van der Waals surface area contributed by atoms with Crippen LogP contribution in [-0.2, 0) is 9.53 Å². The molecule has 1 aliphatic carbocycles. The van der Waals surface area contributed by atoms with Gasteiger partial charge in [-0.2, -0.15) is 0 Å². The lowest BCUT2D eigenvalue weighted by Crippen LogP contribution is -2.25. The summed E-state index contributed by atoms with van der Waals surface area (Å²) >= 11 is 0. The smallest absolute Gasteiger partial charge is 0.309 e. The highest BCUT2D eigenvalue weighted by atomic mass is 16.5. The Morgan fingerprint density at radius 2 is 1.89 bits per heavy atom. The number of hydrogen-bond donors (Lipinski definition) is 1. The summed E-state index contributed by atoms with van der Waals surface area (Å²) in [5.41, 5.74) is 5.07. The molecule has 28 heavy (non-hydrogen) atoms. The maximum absolute atomic E-state index is 12.6. The highest BCUT2D eigenvalue weighted by Gasteiger charge is 2.23. The van der Waals surface area contributed by atoms with Gasteiger partial charge in [0.05, 0.1) is 5.92 Å². The van der Waals surface area contributed by atoms with Crippen LogP contribution in [0.25, 0.3) is 0 Å². The van der Waals surface area contributed by atoms with Crippen LogP contribution in [0.2, 0.25) is 0 Å². The summed E-state index contributed by atoms with van der Waals surface area (Å²) < 4.78 is 6.81. The number of nitrogens with zero attached hydrogens (tertiary/aromatic N) is 1. The molecule has 1 atom stereocenters. The van der Waals surface area contributed by atoms with E-state index >= 15 is 0 Å². The number of allylic oxidation sites excluding steroid dienone is 2. The van der Waals surface area contributed by atoms with Gasteiger partial charge in [0.25, 0.3) is 5.91 Å². The Kier molecular flexibility index (Phi) is 6.09. The molecule has 1 N–H and O–H groups in total. The minimum atomic E-state index is -0.330. The topological polar surface area (TPSA) is 77.4 Å². The Hall–Kier alpha value is -3.15. The Labute approximate surface area is 164 Å². The van der Waals surface area contributed by atoms with Gasteiger partial charge in [-0.25, -0.2) is 0 Å². The first-order chi connectivity index (χ1) is 13.5. The molecule has 146 valence electrons. The average Bonchev–Trinajstić information content (AvgIpc) is 3.01. The number of amides is 1. The largest absolute Gasteiger partial charge is 0.457 e. The first-order valence-electron chi connectivity index (χ1n) is 9.37. The molecule has 2 aromatic rings. The first-order valence-corrected chi connectivity index (χ1v) is 9.37. The molecule has 0 radical (unpaired) electrons. The van der Waals surface area contributed by atoms with Crippen molar-refractivity contribution in [3.8, 4) is 0 Å². The lowest BCUT2D eigenvalue weighted by molar-refractivity contribution is -0.147. The van der Waals surface area contributed by atoms with Crippen molar-refractivity contribution in [2.24, 2.45) is 5.92 Å². The third-order valence-corrected chi connectivity index (χ3v) is 4.93. The van der Waals surface area contributed by atoms with Gasteiger partial charge in [-0.3, -0.25) is 24.5 Å². The van der Waals surface area contributed by atoms with E-state index in [0.29, 0.717) is 28.9 Å². The molecule has 6 heteroatoms. The van der Waals surface area contributed by atoms with E-state index in [0.717, 1.165) is 12.8 Å². The lowest BCUT2D eigenvalue weighted by Gasteiger charge is -2.16. The van der Waals surface area contributed by atoms with Crippen LogP contribution in [0.1, 0.15) is 51.4 Å². The number of carbonyl (C=O) groups excluding carboxylic acids is 3. The van der Waals surface area contributed by atoms with Crippen LogP contribution < -0.4 is 5.43 Å². The van der Waals surface area contributed by atoms with Crippen molar-refractivity contribution < 1.29 is 19.1 Å². The summed E-state index contributed by atoms with van der Waals surface area (Å²) in [7, 11) is 0. The molecule has 0 saturated heterocycles. The monoisotopic (exact) mass is 380 g/mol. The second-order valence-corrected chi connectivity index (χ2v) is 6.94. The van der Waals surface area contributed by atoms with E-state index in [1.807, 2.05) is 18.2 Å². The van der Waals surface area contributed by atoms with Crippen molar-refractivity contribution in [1.82, 2.24) is 4.68 Å². The molecule has 0 saturated carbocycles. The maximum Gasteiger partial charge on any atom is 0.309 e. The molecule has 1 aromatic heterocycles. The van der Waals surface area contributed by atoms with Gasteiger partial charge in [-0.05, 0) is 51.3 Å². The van der Waals surface area contributed by atoms with Crippen LogP contribution in [0.15, 0.2) is 48.6 Å². The molecule has 6 nitrogen and oxygen atoms in total. The summed E-state index contributed by atoms with van der Waals surface area (Å²) in [6, 6.07) is 10.5. The van der Waals surface area contributed by atoms with E-state index in [4.69, 9.17) is 4.74 Å². The van der Waals surface area contributed by atoms with Crippen LogP contribution in [0.3, 0.4) is 0 Å². The van der Waals surface area contributed by atoms with Gasteiger partial charge in [-0.15, -0.1) is 0 Å². The van der Waals surface area contributed by atoms with Crippen molar-refractivity contribution in [3.63, 3.8) is 0 Å². The third kappa shape index (κ3) is 4.39. The SMILES string of the molecule is Cc1cc(C(=O)COC(=O)C2CC=CCC2)c(C)n1NC(=O)c1ccccc1. The number of esters is 1. The maximum atomic E-state index is 12.6. The normalized spacial score (nSPS) is 15.9. The average molecular weight is 380 g/mol. The van der Waals surface area contributed by atoms with Crippen LogP contribution in [0, 0.1) is 19.8 Å². The standard InChI is InChI=1S/C22H24N2O4/c1-15-13-19(20(25)14-28-22(27)18-11-7-4-8-12-18)16(2)24(15)23-21(26)17-9-5-3-6-10-17/h3-7,9-10,13,18H,8,11-12,14H2,1-2H3,(H,23,26). The van der Waals surface area contributed by atoms with Gasteiger partial charge < -0.3 is 4.74 Å². The van der Waals surface area contributed by atoms with E-state index in [-0.39, 0.29) is 30.2 Å². The van der Waals surface area contributed by atoms with Crippen molar-refractivity contribution in [1.29, 1.82) is 0 Å². The van der Waals surface area contributed by atoms with E-state index in [1.165, 1.54) is 0 Å². The number of rotatable bonds is 6. The number of carbonyl (C=O) groups is 3. The Morgan fingerprint density at radius 3 is 2.57 bits per heavy atom. The van der Waals surface area contributed by atoms with Crippen LogP contribution >= 0.6 is 0 Å². The lowest BCUT2D eigenvalue weighted by atomic mass is 9.95. The van der Waals surface area contributed by atoms with Gasteiger partial charge >= 0.3 is 5.97 Å². The van der Waals surface area contributed by atoms with E-state index in [2.05, 4.69) is 5.43 Å². The van der Waals surface area contributed by atoms with Crippen LogP contribution in [0.5, 0.6) is 0 Å². The molecule has 1 heterocycles. The molecule has 0 bridgehead atoms. The molecule has 0 aliphatic heterocycles. The summed E-state index contributed by atoms with van der Waals surface area (Å²) in [6.07, 6.45) is 6.29. The molecule has 1 amide bonds. The number of aryl methyl sites for hydroxylation is 1. The zero-order valence-corrected chi connectivity index (χ0v) is 16.1. The Balaban J connectivity index is 1.65. The number of hydrogen-bond acceptors (Lipinski definition) is 4. The quantitative estimate of drug-likeness (QED) is 0.472. The third-order valence-electron chi connectivity index (χ3n) is 4.93. The van der Waals surface area contributed by atoms with Crippen molar-refractivity contribution in [2.75, 3.05) is 12.0 Å². The molecule has 0 fully saturated rings. The fraction of sp³-hybridized carbons (Fsp3) is 0.318. The van der Waals surface area contributed by atoms with Gasteiger partial charge in [-0.1, -0.05) is 30.4 Å². The fourth-order valence-corrected chi connectivity index (χ4v) is 3.31.